The molecule has 0 aliphatic carbocycles. The Bertz CT molecular complexity index is 330. The number of nitrogens with two attached hydrogens (primary N) is 1. The number of nitro groups is 1. The van der Waals surface area contributed by atoms with E-state index in [0.717, 1.165) is 11.9 Å². The minimum Gasteiger partial charge on any atom is -0.490 e. The average molecular weight is 200 g/mol. The lowest BCUT2D eigenvalue weighted by molar-refractivity contribution is -0.386. The smallest absolute Gasteiger partial charge is 0.312 e. The molecular formula is C7H8N2O3S. The third kappa shape index (κ3) is 2.10. The first-order valence-electron chi connectivity index (χ1n) is 3.38. The van der Waals surface area contributed by atoms with Crippen LogP contribution in [-0.4, -0.2) is 12.0 Å². The minimum atomic E-state index is -0.501. The lowest BCUT2D eigenvalue weighted by atomic mass is 10.3. The maximum Gasteiger partial charge on any atom is 0.312 e. The van der Waals surface area contributed by atoms with Crippen molar-refractivity contribution in [2.24, 2.45) is 5.14 Å². The van der Waals surface area contributed by atoms with Gasteiger partial charge in [0, 0.05) is 11.0 Å². The van der Waals surface area contributed by atoms with Crippen LogP contribution in [0.15, 0.2) is 23.1 Å². The van der Waals surface area contributed by atoms with Gasteiger partial charge in [-0.1, -0.05) is 0 Å². The van der Waals surface area contributed by atoms with E-state index < -0.39 is 4.92 Å². The van der Waals surface area contributed by atoms with E-state index in [0.29, 0.717) is 4.90 Å². The van der Waals surface area contributed by atoms with Gasteiger partial charge < -0.3 is 4.74 Å². The molecule has 13 heavy (non-hydrogen) atoms. The summed E-state index contributed by atoms with van der Waals surface area (Å²) in [6, 6.07) is 4.56. The topological polar surface area (TPSA) is 78.4 Å². The number of ether oxygens (including phenoxy) is 1. The van der Waals surface area contributed by atoms with Crippen molar-refractivity contribution >= 4 is 17.6 Å². The molecule has 0 unspecified atom stereocenters. The molecule has 1 aromatic carbocycles. The molecule has 0 saturated carbocycles. The third-order valence-electron chi connectivity index (χ3n) is 1.48. The first-order valence-corrected chi connectivity index (χ1v) is 4.26. The minimum absolute atomic E-state index is 0.0713. The molecule has 1 rings (SSSR count). The van der Waals surface area contributed by atoms with E-state index in [4.69, 9.17) is 9.88 Å². The fourth-order valence-electron chi connectivity index (χ4n) is 0.886. The van der Waals surface area contributed by atoms with Gasteiger partial charge in [0.2, 0.25) is 0 Å². The van der Waals surface area contributed by atoms with Crippen LogP contribution in [0.1, 0.15) is 0 Å². The number of methoxy groups -OCH3 is 1. The molecule has 0 spiro atoms. The summed E-state index contributed by atoms with van der Waals surface area (Å²) in [6.07, 6.45) is 0. The quantitative estimate of drug-likeness (QED) is 0.455. The molecule has 0 radical (unpaired) electrons. The van der Waals surface area contributed by atoms with Crippen molar-refractivity contribution in [2.45, 2.75) is 4.90 Å². The highest BCUT2D eigenvalue weighted by Gasteiger charge is 2.14. The van der Waals surface area contributed by atoms with Crippen molar-refractivity contribution in [1.29, 1.82) is 0 Å². The molecule has 0 aromatic heterocycles. The van der Waals surface area contributed by atoms with Crippen molar-refractivity contribution in [2.75, 3.05) is 7.11 Å². The summed E-state index contributed by atoms with van der Waals surface area (Å²) in [5.41, 5.74) is -0.0713. The predicted octanol–water partition coefficient (Wildman–Crippen LogP) is 1.57. The molecule has 0 bridgehead atoms. The van der Waals surface area contributed by atoms with Crippen molar-refractivity contribution in [3.05, 3.63) is 28.3 Å². The Hall–Kier alpha value is -1.27. The van der Waals surface area contributed by atoms with Crippen LogP contribution in [0.2, 0.25) is 0 Å². The molecule has 0 atom stereocenters. The molecule has 0 saturated heterocycles. The SMILES string of the molecule is COc1ccc(SN)cc1[N+](=O)[O-]. The lowest BCUT2D eigenvalue weighted by Gasteiger charge is -2.01. The molecule has 0 fully saturated rings. The van der Waals surface area contributed by atoms with Gasteiger partial charge in [0.1, 0.15) is 0 Å². The van der Waals surface area contributed by atoms with Crippen LogP contribution in [0.5, 0.6) is 5.75 Å². The van der Waals surface area contributed by atoms with Crippen molar-refractivity contribution < 1.29 is 9.66 Å². The van der Waals surface area contributed by atoms with Crippen LogP contribution < -0.4 is 9.88 Å². The maximum atomic E-state index is 10.5. The molecule has 1 aromatic rings. The Balaban J connectivity index is 3.18. The monoisotopic (exact) mass is 200 g/mol. The molecule has 0 aliphatic rings. The number of benzene rings is 1. The van der Waals surface area contributed by atoms with Crippen molar-refractivity contribution in [1.82, 2.24) is 0 Å². The van der Waals surface area contributed by atoms with E-state index >= 15 is 0 Å². The second-order valence-electron chi connectivity index (χ2n) is 2.21. The highest BCUT2D eigenvalue weighted by molar-refractivity contribution is 7.97. The molecule has 5 nitrogen and oxygen atoms in total. The Labute approximate surface area is 79.2 Å². The molecule has 0 heterocycles. The summed E-state index contributed by atoms with van der Waals surface area (Å²) < 4.78 is 4.81. The van der Waals surface area contributed by atoms with Crippen LogP contribution in [0, 0.1) is 10.1 Å². The fraction of sp³-hybridized carbons (Fsp3) is 0.143. The number of nitro benzene ring substituents is 1. The van der Waals surface area contributed by atoms with E-state index in [1.807, 2.05) is 0 Å². The Morgan fingerprint density at radius 3 is 2.77 bits per heavy atom. The molecule has 6 heteroatoms. The van der Waals surface area contributed by atoms with E-state index in [2.05, 4.69) is 0 Å². The average Bonchev–Trinajstić information content (AvgIpc) is 2.16. The van der Waals surface area contributed by atoms with Gasteiger partial charge in [0.25, 0.3) is 0 Å². The zero-order valence-electron chi connectivity index (χ0n) is 6.89. The predicted molar refractivity (Wildman–Crippen MR) is 49.7 cm³/mol. The Kier molecular flexibility index (Phi) is 3.10. The maximum absolute atomic E-state index is 10.5. The van der Waals surface area contributed by atoms with E-state index in [-0.39, 0.29) is 11.4 Å². The number of rotatable bonds is 3. The Morgan fingerprint density at radius 1 is 1.62 bits per heavy atom. The van der Waals surface area contributed by atoms with Crippen molar-refractivity contribution in [3.63, 3.8) is 0 Å². The van der Waals surface area contributed by atoms with Crippen LogP contribution in [0.25, 0.3) is 0 Å². The summed E-state index contributed by atoms with van der Waals surface area (Å²) in [7, 11) is 1.39. The zero-order chi connectivity index (χ0) is 9.84. The van der Waals surface area contributed by atoms with E-state index in [9.17, 15) is 10.1 Å². The molecule has 70 valence electrons. The number of nitrogens with zero attached hydrogens (tertiary/aromatic N) is 1. The largest absolute Gasteiger partial charge is 0.490 e. The van der Waals surface area contributed by atoms with Crippen molar-refractivity contribution in [3.8, 4) is 5.75 Å². The van der Waals surface area contributed by atoms with Gasteiger partial charge in [-0.2, -0.15) is 0 Å². The summed E-state index contributed by atoms with van der Waals surface area (Å²) in [5, 5.41) is 15.8. The van der Waals surface area contributed by atoms with Gasteiger partial charge in [0.15, 0.2) is 5.75 Å². The first kappa shape index (κ1) is 9.82. The fourth-order valence-corrected chi connectivity index (χ4v) is 1.21. The van der Waals surface area contributed by atoms with Gasteiger partial charge in [-0.3, -0.25) is 15.3 Å². The zero-order valence-corrected chi connectivity index (χ0v) is 7.71. The van der Waals surface area contributed by atoms with Crippen LogP contribution in [-0.2, 0) is 0 Å². The second kappa shape index (κ2) is 4.11. The summed E-state index contributed by atoms with van der Waals surface area (Å²) in [6.45, 7) is 0. The summed E-state index contributed by atoms with van der Waals surface area (Å²) in [5.74, 6) is 0.239. The highest BCUT2D eigenvalue weighted by Crippen LogP contribution is 2.29. The van der Waals surface area contributed by atoms with Crippen LogP contribution in [0.3, 0.4) is 0 Å². The summed E-state index contributed by atoms with van der Waals surface area (Å²) in [4.78, 5) is 10.7. The second-order valence-corrected chi connectivity index (χ2v) is 2.92. The Morgan fingerprint density at radius 2 is 2.31 bits per heavy atom. The van der Waals surface area contributed by atoms with Gasteiger partial charge in [0.05, 0.1) is 12.0 Å². The highest BCUT2D eigenvalue weighted by atomic mass is 32.2. The van der Waals surface area contributed by atoms with Gasteiger partial charge >= 0.3 is 5.69 Å². The normalized spacial score (nSPS) is 9.69. The number of hydrogen-bond acceptors (Lipinski definition) is 5. The van der Waals surface area contributed by atoms with E-state index in [1.165, 1.54) is 19.2 Å². The van der Waals surface area contributed by atoms with E-state index in [1.54, 1.807) is 6.07 Å². The molecular weight excluding hydrogens is 192 g/mol. The van der Waals surface area contributed by atoms with Gasteiger partial charge in [-0.15, -0.1) is 0 Å². The van der Waals surface area contributed by atoms with Gasteiger partial charge in [-0.05, 0) is 24.1 Å². The number of hydrogen-bond donors (Lipinski definition) is 1. The van der Waals surface area contributed by atoms with Crippen LogP contribution in [0.4, 0.5) is 5.69 Å². The third-order valence-corrected chi connectivity index (χ3v) is 2.01. The molecule has 2 N–H and O–H groups in total. The lowest BCUT2D eigenvalue weighted by Crippen LogP contribution is -1.94. The summed E-state index contributed by atoms with van der Waals surface area (Å²) >= 11 is 0.960. The first-order chi connectivity index (χ1) is 6.19. The molecule has 0 amide bonds. The standard InChI is InChI=1S/C7H8N2O3S/c1-12-7-3-2-5(13-8)4-6(7)9(10)11/h2-4H,8H2,1H3. The van der Waals surface area contributed by atoms with Crippen LogP contribution >= 0.6 is 11.9 Å². The van der Waals surface area contributed by atoms with Gasteiger partial charge in [-0.25, -0.2) is 0 Å². The molecule has 0 aliphatic heterocycles.